The number of aliphatic carboxylic acids is 1. The van der Waals surface area contributed by atoms with E-state index in [4.69, 9.17) is 9.84 Å². The van der Waals surface area contributed by atoms with E-state index < -0.39 is 5.97 Å². The van der Waals surface area contributed by atoms with Crippen LogP contribution in [0.3, 0.4) is 0 Å². The second kappa shape index (κ2) is 6.92. The van der Waals surface area contributed by atoms with Crippen LogP contribution in [0.1, 0.15) is 32.6 Å². The topological polar surface area (TPSA) is 78.9 Å². The Hall–Kier alpha value is -1.30. The van der Waals surface area contributed by atoms with Gasteiger partial charge in [0.1, 0.15) is 0 Å². The zero-order chi connectivity index (χ0) is 14.5. The van der Waals surface area contributed by atoms with Crippen LogP contribution in [0, 0.1) is 11.8 Å². The molecule has 0 aromatic heterocycles. The van der Waals surface area contributed by atoms with Crippen LogP contribution in [-0.4, -0.2) is 54.4 Å². The summed E-state index contributed by atoms with van der Waals surface area (Å²) in [7, 11) is 0. The Bertz CT molecular complexity index is 353. The highest BCUT2D eigenvalue weighted by atomic mass is 16.5. The molecule has 0 spiro atoms. The van der Waals surface area contributed by atoms with Crippen LogP contribution in [-0.2, 0) is 9.53 Å². The van der Waals surface area contributed by atoms with Crippen molar-refractivity contribution in [1.82, 2.24) is 10.2 Å². The number of carboxylic acid groups (broad SMARTS) is 1. The highest BCUT2D eigenvalue weighted by Crippen LogP contribution is 2.36. The van der Waals surface area contributed by atoms with Crippen molar-refractivity contribution in [3.63, 3.8) is 0 Å². The zero-order valence-corrected chi connectivity index (χ0v) is 12.0. The summed E-state index contributed by atoms with van der Waals surface area (Å²) >= 11 is 0. The number of likely N-dealkylation sites (tertiary alicyclic amines) is 1. The first-order valence-electron chi connectivity index (χ1n) is 7.42. The lowest BCUT2D eigenvalue weighted by Crippen LogP contribution is -2.46. The number of ether oxygens (including phenoxy) is 1. The second-order valence-corrected chi connectivity index (χ2v) is 5.86. The zero-order valence-electron chi connectivity index (χ0n) is 12.0. The number of hydrogen-bond donors (Lipinski definition) is 2. The molecule has 2 fully saturated rings. The van der Waals surface area contributed by atoms with Crippen LogP contribution >= 0.6 is 0 Å². The Morgan fingerprint density at radius 1 is 1.35 bits per heavy atom. The lowest BCUT2D eigenvalue weighted by molar-refractivity contribution is -0.138. The van der Waals surface area contributed by atoms with E-state index in [-0.39, 0.29) is 25.2 Å². The summed E-state index contributed by atoms with van der Waals surface area (Å²) in [5, 5.41) is 11.5. The number of carboxylic acids is 1. The van der Waals surface area contributed by atoms with Gasteiger partial charge >= 0.3 is 12.0 Å². The van der Waals surface area contributed by atoms with Crippen LogP contribution < -0.4 is 5.32 Å². The summed E-state index contributed by atoms with van der Waals surface area (Å²) in [6, 6.07) is 0.0214. The third kappa shape index (κ3) is 4.67. The highest BCUT2D eigenvalue weighted by Gasteiger charge is 2.33. The van der Waals surface area contributed by atoms with Gasteiger partial charge < -0.3 is 20.1 Å². The average Bonchev–Trinajstić information content (AvgIpc) is 3.12. The van der Waals surface area contributed by atoms with Gasteiger partial charge in [-0.15, -0.1) is 0 Å². The van der Waals surface area contributed by atoms with E-state index in [9.17, 15) is 9.59 Å². The number of nitrogens with zero attached hydrogens (tertiary/aromatic N) is 1. The summed E-state index contributed by atoms with van der Waals surface area (Å²) in [5.74, 6) is 0.579. The van der Waals surface area contributed by atoms with Gasteiger partial charge in [0.2, 0.25) is 0 Å². The molecule has 1 aliphatic carbocycles. The molecule has 6 nitrogen and oxygen atoms in total. The largest absolute Gasteiger partial charge is 0.481 e. The van der Waals surface area contributed by atoms with Crippen molar-refractivity contribution in [3.8, 4) is 0 Å². The fourth-order valence-corrected chi connectivity index (χ4v) is 2.55. The van der Waals surface area contributed by atoms with E-state index in [2.05, 4.69) is 12.2 Å². The van der Waals surface area contributed by atoms with E-state index in [1.54, 1.807) is 0 Å². The third-order valence-corrected chi connectivity index (χ3v) is 4.19. The minimum Gasteiger partial charge on any atom is -0.481 e. The Morgan fingerprint density at radius 2 is 2.00 bits per heavy atom. The number of rotatable bonds is 6. The normalized spacial score (nSPS) is 26.4. The minimum atomic E-state index is -0.837. The molecule has 2 rings (SSSR count). The van der Waals surface area contributed by atoms with Gasteiger partial charge in [-0.25, -0.2) is 4.79 Å². The van der Waals surface area contributed by atoms with Crippen LogP contribution in [0.5, 0.6) is 0 Å². The maximum absolute atomic E-state index is 11.9. The van der Waals surface area contributed by atoms with E-state index in [1.807, 2.05) is 4.90 Å². The van der Waals surface area contributed by atoms with E-state index in [0.29, 0.717) is 19.0 Å². The van der Waals surface area contributed by atoms with Crippen molar-refractivity contribution in [1.29, 1.82) is 0 Å². The van der Waals surface area contributed by atoms with Gasteiger partial charge in [0.05, 0.1) is 19.1 Å². The van der Waals surface area contributed by atoms with Crippen LogP contribution in [0.25, 0.3) is 0 Å². The Morgan fingerprint density at radius 3 is 2.55 bits per heavy atom. The molecule has 2 atom stereocenters. The van der Waals surface area contributed by atoms with Gasteiger partial charge in [0.15, 0.2) is 0 Å². The number of hydrogen-bond acceptors (Lipinski definition) is 3. The Kier molecular flexibility index (Phi) is 5.23. The number of amides is 2. The molecular formula is C14H24N2O4. The van der Waals surface area contributed by atoms with Crippen molar-refractivity contribution in [2.45, 2.75) is 38.7 Å². The molecule has 1 saturated carbocycles. The number of piperidine rings is 1. The van der Waals surface area contributed by atoms with Crippen molar-refractivity contribution < 1.29 is 19.4 Å². The first-order valence-corrected chi connectivity index (χ1v) is 7.42. The summed E-state index contributed by atoms with van der Waals surface area (Å²) in [6.07, 6.45) is 2.92. The average molecular weight is 284 g/mol. The third-order valence-electron chi connectivity index (χ3n) is 4.19. The predicted octanol–water partition coefficient (Wildman–Crippen LogP) is 1.31. The molecule has 20 heavy (non-hydrogen) atoms. The summed E-state index contributed by atoms with van der Waals surface area (Å²) < 4.78 is 5.50. The molecule has 2 N–H and O–H groups in total. The number of urea groups is 1. The SMILES string of the molecule is CC1CC1CNC(=O)N1CCC(OCCC(=O)O)CC1. The maximum atomic E-state index is 11.9. The molecule has 0 aromatic rings. The molecule has 2 amide bonds. The van der Waals surface area contributed by atoms with Gasteiger partial charge in [-0.1, -0.05) is 6.92 Å². The van der Waals surface area contributed by atoms with Gasteiger partial charge in [0, 0.05) is 19.6 Å². The van der Waals surface area contributed by atoms with Gasteiger partial charge in [-0.2, -0.15) is 0 Å². The van der Waals surface area contributed by atoms with Crippen molar-refractivity contribution >= 4 is 12.0 Å². The molecule has 1 heterocycles. The first kappa shape index (κ1) is 15.1. The monoisotopic (exact) mass is 284 g/mol. The smallest absolute Gasteiger partial charge is 0.317 e. The molecule has 6 heteroatoms. The van der Waals surface area contributed by atoms with E-state index >= 15 is 0 Å². The lowest BCUT2D eigenvalue weighted by atomic mass is 10.1. The quantitative estimate of drug-likeness (QED) is 0.770. The van der Waals surface area contributed by atoms with Gasteiger partial charge in [-0.3, -0.25) is 4.79 Å². The minimum absolute atomic E-state index is 0.0214. The summed E-state index contributed by atoms with van der Waals surface area (Å²) in [6.45, 7) is 4.62. The molecule has 2 aliphatic rings. The predicted molar refractivity (Wildman–Crippen MR) is 73.5 cm³/mol. The molecule has 0 radical (unpaired) electrons. The van der Waals surface area contributed by atoms with E-state index in [1.165, 1.54) is 6.42 Å². The van der Waals surface area contributed by atoms with Gasteiger partial charge in [-0.05, 0) is 31.1 Å². The molecule has 0 bridgehead atoms. The summed E-state index contributed by atoms with van der Waals surface area (Å²) in [5.41, 5.74) is 0. The molecule has 114 valence electrons. The van der Waals surface area contributed by atoms with Crippen LogP contribution in [0.15, 0.2) is 0 Å². The fraction of sp³-hybridized carbons (Fsp3) is 0.857. The van der Waals surface area contributed by atoms with Crippen molar-refractivity contribution in [2.24, 2.45) is 11.8 Å². The number of nitrogens with one attached hydrogen (secondary N) is 1. The Balaban J connectivity index is 1.58. The molecule has 2 unspecified atom stereocenters. The van der Waals surface area contributed by atoms with Crippen molar-refractivity contribution in [3.05, 3.63) is 0 Å². The standard InChI is InChI=1S/C14H24N2O4/c1-10-8-11(10)9-15-14(19)16-5-2-12(3-6-16)20-7-4-13(17)18/h10-12H,2-9H2,1H3,(H,15,19)(H,17,18). The number of carbonyl (C=O) groups excluding carboxylic acids is 1. The fourth-order valence-electron chi connectivity index (χ4n) is 2.55. The molecule has 1 aliphatic heterocycles. The van der Waals surface area contributed by atoms with Crippen molar-refractivity contribution in [2.75, 3.05) is 26.2 Å². The Labute approximate surface area is 119 Å². The molecule has 0 aromatic carbocycles. The maximum Gasteiger partial charge on any atom is 0.317 e. The van der Waals surface area contributed by atoms with Crippen LogP contribution in [0.4, 0.5) is 4.79 Å². The van der Waals surface area contributed by atoms with Gasteiger partial charge in [0.25, 0.3) is 0 Å². The summed E-state index contributed by atoms with van der Waals surface area (Å²) in [4.78, 5) is 24.2. The number of carbonyl (C=O) groups is 2. The second-order valence-electron chi connectivity index (χ2n) is 5.86. The molecule has 1 saturated heterocycles. The molecular weight excluding hydrogens is 260 g/mol. The lowest BCUT2D eigenvalue weighted by Gasteiger charge is -2.32. The first-order chi connectivity index (χ1) is 9.56. The highest BCUT2D eigenvalue weighted by molar-refractivity contribution is 5.74. The van der Waals surface area contributed by atoms with Crippen LogP contribution in [0.2, 0.25) is 0 Å². The van der Waals surface area contributed by atoms with E-state index in [0.717, 1.165) is 25.3 Å².